The van der Waals surface area contributed by atoms with E-state index in [4.69, 9.17) is 11.5 Å². The van der Waals surface area contributed by atoms with Gasteiger partial charge in [-0.1, -0.05) is 37.3 Å². The molecule has 1 aromatic carbocycles. The smallest absolute Gasteiger partial charge is 0.240 e. The molecule has 0 radical (unpaired) electrons. The van der Waals surface area contributed by atoms with Gasteiger partial charge in [-0.05, 0) is 18.9 Å². The van der Waals surface area contributed by atoms with Gasteiger partial charge in [-0.15, -0.1) is 0 Å². The van der Waals surface area contributed by atoms with Crippen LogP contribution in [-0.2, 0) is 16.1 Å². The van der Waals surface area contributed by atoms with Crippen LogP contribution in [0.25, 0.3) is 0 Å². The Balaban J connectivity index is 2.83. The highest BCUT2D eigenvalue weighted by molar-refractivity contribution is 5.87. The highest BCUT2D eigenvalue weighted by atomic mass is 16.2. The van der Waals surface area contributed by atoms with Gasteiger partial charge in [0.25, 0.3) is 0 Å². The van der Waals surface area contributed by atoms with Gasteiger partial charge in [0, 0.05) is 12.6 Å². The second-order valence-corrected chi connectivity index (χ2v) is 4.99. The van der Waals surface area contributed by atoms with Crippen LogP contribution in [-0.4, -0.2) is 28.8 Å². The second kappa shape index (κ2) is 7.65. The Bertz CT molecular complexity index is 448. The number of carbonyl (C=O) groups is 2. The number of carbonyl (C=O) groups excluding carboxylic acids is 2. The number of nitrogens with two attached hydrogens (primary N) is 2. The highest BCUT2D eigenvalue weighted by Gasteiger charge is 2.25. The molecule has 5 nitrogen and oxygen atoms in total. The Hall–Kier alpha value is -1.88. The molecule has 1 aromatic rings. The molecular formula is C15H23N3O2. The SMILES string of the molecule is CCC(C)N(Cc1ccccc1)C(=O)C(N)CC(N)=O. The normalized spacial score (nSPS) is 13.6. The molecule has 0 aliphatic carbocycles. The summed E-state index contributed by atoms with van der Waals surface area (Å²) in [6, 6.07) is 8.89. The number of hydrogen-bond acceptors (Lipinski definition) is 3. The molecule has 0 fully saturated rings. The van der Waals surface area contributed by atoms with Crippen molar-refractivity contribution in [3.05, 3.63) is 35.9 Å². The Labute approximate surface area is 119 Å². The van der Waals surface area contributed by atoms with Crippen molar-refractivity contribution in [2.45, 2.75) is 45.3 Å². The average Bonchev–Trinajstić information content (AvgIpc) is 2.43. The van der Waals surface area contributed by atoms with Crippen LogP contribution in [0.3, 0.4) is 0 Å². The molecule has 2 amide bonds. The molecule has 0 heterocycles. The Morgan fingerprint density at radius 1 is 1.25 bits per heavy atom. The molecule has 2 atom stereocenters. The first-order valence-corrected chi connectivity index (χ1v) is 6.84. The average molecular weight is 277 g/mol. The number of nitrogens with zero attached hydrogens (tertiary/aromatic N) is 1. The summed E-state index contributed by atoms with van der Waals surface area (Å²) in [6.45, 7) is 4.47. The zero-order valence-corrected chi connectivity index (χ0v) is 12.1. The lowest BCUT2D eigenvalue weighted by molar-refractivity contribution is -0.137. The number of primary amides is 1. The van der Waals surface area contributed by atoms with E-state index in [1.807, 2.05) is 44.2 Å². The number of amides is 2. The van der Waals surface area contributed by atoms with Gasteiger partial charge in [0.2, 0.25) is 11.8 Å². The molecular weight excluding hydrogens is 254 g/mol. The van der Waals surface area contributed by atoms with Gasteiger partial charge >= 0.3 is 0 Å². The summed E-state index contributed by atoms with van der Waals surface area (Å²) in [5, 5.41) is 0. The highest BCUT2D eigenvalue weighted by Crippen LogP contribution is 2.12. The van der Waals surface area contributed by atoms with E-state index >= 15 is 0 Å². The fourth-order valence-electron chi connectivity index (χ4n) is 1.97. The standard InChI is InChI=1S/C15H23N3O2/c1-3-11(2)18(10-12-7-5-4-6-8-12)15(20)13(16)9-14(17)19/h4-8,11,13H,3,9-10,16H2,1-2H3,(H2,17,19). The third kappa shape index (κ3) is 4.66. The van der Waals surface area contributed by atoms with E-state index in [2.05, 4.69) is 0 Å². The van der Waals surface area contributed by atoms with Crippen LogP contribution in [0.15, 0.2) is 30.3 Å². The third-order valence-corrected chi connectivity index (χ3v) is 3.34. The molecule has 0 spiro atoms. The van der Waals surface area contributed by atoms with E-state index in [1.54, 1.807) is 4.90 Å². The second-order valence-electron chi connectivity index (χ2n) is 4.99. The van der Waals surface area contributed by atoms with Crippen LogP contribution >= 0.6 is 0 Å². The van der Waals surface area contributed by atoms with E-state index < -0.39 is 11.9 Å². The van der Waals surface area contributed by atoms with E-state index in [0.29, 0.717) is 6.54 Å². The summed E-state index contributed by atoms with van der Waals surface area (Å²) < 4.78 is 0. The molecule has 1 rings (SSSR count). The quantitative estimate of drug-likeness (QED) is 0.779. The zero-order chi connectivity index (χ0) is 15.1. The maximum Gasteiger partial charge on any atom is 0.240 e. The van der Waals surface area contributed by atoms with Gasteiger partial charge < -0.3 is 16.4 Å². The van der Waals surface area contributed by atoms with Crippen LogP contribution < -0.4 is 11.5 Å². The summed E-state index contributed by atoms with van der Waals surface area (Å²) in [4.78, 5) is 25.0. The van der Waals surface area contributed by atoms with Gasteiger partial charge in [0.1, 0.15) is 0 Å². The molecule has 0 saturated carbocycles. The lowest BCUT2D eigenvalue weighted by atomic mass is 10.1. The van der Waals surface area contributed by atoms with Crippen LogP contribution in [0, 0.1) is 0 Å². The molecule has 20 heavy (non-hydrogen) atoms. The Kier molecular flexibility index (Phi) is 6.18. The molecule has 5 heteroatoms. The third-order valence-electron chi connectivity index (χ3n) is 3.34. The zero-order valence-electron chi connectivity index (χ0n) is 12.1. The van der Waals surface area contributed by atoms with Crippen molar-refractivity contribution in [3.63, 3.8) is 0 Å². The van der Waals surface area contributed by atoms with E-state index in [-0.39, 0.29) is 18.4 Å². The predicted octanol–water partition coefficient (Wildman–Crippen LogP) is 1.02. The van der Waals surface area contributed by atoms with Gasteiger partial charge in [0.05, 0.1) is 12.5 Å². The molecule has 4 N–H and O–H groups in total. The van der Waals surface area contributed by atoms with Gasteiger partial charge in [-0.25, -0.2) is 0 Å². The fourth-order valence-corrected chi connectivity index (χ4v) is 1.97. The molecule has 2 unspecified atom stereocenters. The van der Waals surface area contributed by atoms with Crippen LogP contribution in [0.1, 0.15) is 32.3 Å². The van der Waals surface area contributed by atoms with Crippen molar-refractivity contribution < 1.29 is 9.59 Å². The summed E-state index contributed by atoms with van der Waals surface area (Å²) in [6.07, 6.45) is 0.697. The topological polar surface area (TPSA) is 89.4 Å². The van der Waals surface area contributed by atoms with Gasteiger partial charge in [0.15, 0.2) is 0 Å². The van der Waals surface area contributed by atoms with E-state index in [0.717, 1.165) is 12.0 Å². The minimum atomic E-state index is -0.870. The maximum absolute atomic E-state index is 12.4. The maximum atomic E-state index is 12.4. The first kappa shape index (κ1) is 16.2. The van der Waals surface area contributed by atoms with Crippen LogP contribution in [0.2, 0.25) is 0 Å². The van der Waals surface area contributed by atoms with Crippen molar-refractivity contribution in [2.24, 2.45) is 11.5 Å². The lowest BCUT2D eigenvalue weighted by Gasteiger charge is -2.31. The molecule has 110 valence electrons. The molecule has 0 bridgehead atoms. The number of benzene rings is 1. The molecule has 0 aliphatic rings. The minimum Gasteiger partial charge on any atom is -0.370 e. The lowest BCUT2D eigenvalue weighted by Crippen LogP contribution is -2.48. The Morgan fingerprint density at radius 2 is 1.85 bits per heavy atom. The first-order chi connectivity index (χ1) is 9.45. The van der Waals surface area contributed by atoms with E-state index in [9.17, 15) is 9.59 Å². The van der Waals surface area contributed by atoms with Crippen LogP contribution in [0.5, 0.6) is 0 Å². The largest absolute Gasteiger partial charge is 0.370 e. The van der Waals surface area contributed by atoms with Crippen molar-refractivity contribution in [2.75, 3.05) is 0 Å². The summed E-state index contributed by atoms with van der Waals surface area (Å²) in [5.74, 6) is -0.795. The minimum absolute atomic E-state index is 0.0571. The predicted molar refractivity (Wildman–Crippen MR) is 78.5 cm³/mol. The fraction of sp³-hybridized carbons (Fsp3) is 0.467. The summed E-state index contributed by atoms with van der Waals surface area (Å²) in [7, 11) is 0. The molecule has 0 saturated heterocycles. The van der Waals surface area contributed by atoms with Crippen molar-refractivity contribution >= 4 is 11.8 Å². The van der Waals surface area contributed by atoms with Crippen molar-refractivity contribution in [1.29, 1.82) is 0 Å². The van der Waals surface area contributed by atoms with Gasteiger partial charge in [-0.2, -0.15) is 0 Å². The van der Waals surface area contributed by atoms with Crippen molar-refractivity contribution in [1.82, 2.24) is 4.90 Å². The monoisotopic (exact) mass is 277 g/mol. The number of hydrogen-bond donors (Lipinski definition) is 2. The Morgan fingerprint density at radius 3 is 2.35 bits per heavy atom. The van der Waals surface area contributed by atoms with Gasteiger partial charge in [-0.3, -0.25) is 9.59 Å². The molecule has 0 aliphatic heterocycles. The van der Waals surface area contributed by atoms with E-state index in [1.165, 1.54) is 0 Å². The van der Waals surface area contributed by atoms with Crippen LogP contribution in [0.4, 0.5) is 0 Å². The van der Waals surface area contributed by atoms with Crippen molar-refractivity contribution in [3.8, 4) is 0 Å². The summed E-state index contributed by atoms with van der Waals surface area (Å²) >= 11 is 0. The first-order valence-electron chi connectivity index (χ1n) is 6.84. The summed E-state index contributed by atoms with van der Waals surface area (Å²) in [5.41, 5.74) is 11.9. The number of rotatable bonds is 7. The molecule has 0 aromatic heterocycles.